The van der Waals surface area contributed by atoms with Crippen LogP contribution >= 0.6 is 0 Å². The molecule has 27 heavy (non-hydrogen) atoms. The number of benzene rings is 1. The molecule has 5 nitrogen and oxygen atoms in total. The minimum Gasteiger partial charge on any atom is -0.481 e. The fourth-order valence-electron chi connectivity index (χ4n) is 4.18. The highest BCUT2D eigenvalue weighted by Gasteiger charge is 2.41. The monoisotopic (exact) mass is 369 g/mol. The van der Waals surface area contributed by atoms with E-state index in [1.54, 1.807) is 13.2 Å². The van der Waals surface area contributed by atoms with Crippen molar-refractivity contribution < 1.29 is 13.9 Å². The number of nitrogens with zero attached hydrogens (tertiary/aromatic N) is 3. The standard InChI is InChI=1S/C21H24FN3O2/c1-27-20-7-3-6-18(23-20)14-24-9-8-16-11-19(24)21(26)25(13-16)12-15-4-2-5-17(22)10-15/h2-7,10,16,19H,8-9,11-14H2,1H3/t16-,19+/m0/s1. The fourth-order valence-corrected chi connectivity index (χ4v) is 4.18. The van der Waals surface area contributed by atoms with E-state index in [0.29, 0.717) is 24.9 Å². The number of fused-ring (bicyclic) bond motifs is 2. The highest BCUT2D eigenvalue weighted by Crippen LogP contribution is 2.31. The van der Waals surface area contributed by atoms with Gasteiger partial charge >= 0.3 is 0 Å². The van der Waals surface area contributed by atoms with E-state index in [-0.39, 0.29) is 17.8 Å². The summed E-state index contributed by atoms with van der Waals surface area (Å²) < 4.78 is 18.7. The maximum absolute atomic E-state index is 13.5. The normalized spacial score (nSPS) is 22.7. The van der Waals surface area contributed by atoms with Crippen molar-refractivity contribution in [2.45, 2.75) is 32.0 Å². The molecule has 2 aliphatic heterocycles. The summed E-state index contributed by atoms with van der Waals surface area (Å²) in [7, 11) is 1.60. The van der Waals surface area contributed by atoms with E-state index in [4.69, 9.17) is 4.74 Å². The summed E-state index contributed by atoms with van der Waals surface area (Å²) in [6.45, 7) is 2.76. The van der Waals surface area contributed by atoms with Crippen LogP contribution in [0, 0.1) is 11.7 Å². The number of carbonyl (C=O) groups excluding carboxylic acids is 1. The molecule has 1 aromatic carbocycles. The molecular formula is C21H24FN3O2. The summed E-state index contributed by atoms with van der Waals surface area (Å²) in [5, 5.41) is 0. The van der Waals surface area contributed by atoms with Gasteiger partial charge in [0.15, 0.2) is 0 Å². The average molecular weight is 369 g/mol. The molecule has 6 heteroatoms. The molecule has 2 aromatic rings. The van der Waals surface area contributed by atoms with E-state index in [0.717, 1.165) is 37.2 Å². The molecule has 1 amide bonds. The molecule has 2 atom stereocenters. The maximum Gasteiger partial charge on any atom is 0.240 e. The fraction of sp³-hybridized carbons (Fsp3) is 0.429. The summed E-state index contributed by atoms with van der Waals surface area (Å²) in [6, 6.07) is 12.1. The van der Waals surface area contributed by atoms with Gasteiger partial charge in [0, 0.05) is 25.7 Å². The van der Waals surface area contributed by atoms with Gasteiger partial charge < -0.3 is 9.64 Å². The molecule has 0 radical (unpaired) electrons. The Morgan fingerprint density at radius 3 is 2.89 bits per heavy atom. The number of likely N-dealkylation sites (tertiary alicyclic amines) is 2. The smallest absolute Gasteiger partial charge is 0.240 e. The molecule has 0 saturated carbocycles. The first-order chi connectivity index (χ1) is 13.1. The lowest BCUT2D eigenvalue weighted by atomic mass is 9.85. The Morgan fingerprint density at radius 2 is 2.07 bits per heavy atom. The van der Waals surface area contributed by atoms with Gasteiger partial charge in [-0.2, -0.15) is 0 Å². The van der Waals surface area contributed by atoms with Gasteiger partial charge in [-0.3, -0.25) is 9.69 Å². The summed E-state index contributed by atoms with van der Waals surface area (Å²) >= 11 is 0. The van der Waals surface area contributed by atoms with Crippen molar-refractivity contribution in [1.82, 2.24) is 14.8 Å². The van der Waals surface area contributed by atoms with E-state index in [9.17, 15) is 9.18 Å². The van der Waals surface area contributed by atoms with Crippen molar-refractivity contribution in [2.75, 3.05) is 20.2 Å². The minimum atomic E-state index is -0.261. The number of amides is 1. The number of rotatable bonds is 5. The van der Waals surface area contributed by atoms with E-state index in [1.165, 1.54) is 12.1 Å². The molecule has 0 unspecified atom stereocenters. The molecule has 2 saturated heterocycles. The van der Waals surface area contributed by atoms with Gasteiger partial charge in [-0.05, 0) is 49.1 Å². The Kier molecular flexibility index (Phi) is 5.07. The van der Waals surface area contributed by atoms with Gasteiger partial charge in [0.25, 0.3) is 0 Å². The van der Waals surface area contributed by atoms with Crippen LogP contribution in [-0.4, -0.2) is 46.9 Å². The second-order valence-electron chi connectivity index (χ2n) is 7.40. The first kappa shape index (κ1) is 17.9. The van der Waals surface area contributed by atoms with Gasteiger partial charge in [0.05, 0.1) is 18.8 Å². The minimum absolute atomic E-state index is 0.126. The Balaban J connectivity index is 1.48. The Bertz CT molecular complexity index is 829. The SMILES string of the molecule is COc1cccc(CN2CC[C@H]3C[C@@H]2C(=O)N(Cc2cccc(F)c2)C3)n1. The molecule has 0 aliphatic carbocycles. The van der Waals surface area contributed by atoms with Crippen LogP contribution in [-0.2, 0) is 17.9 Å². The molecular weight excluding hydrogens is 345 g/mol. The topological polar surface area (TPSA) is 45.7 Å². The molecule has 3 heterocycles. The van der Waals surface area contributed by atoms with E-state index >= 15 is 0 Å². The number of hydrogen-bond donors (Lipinski definition) is 0. The van der Waals surface area contributed by atoms with Gasteiger partial charge in [-0.15, -0.1) is 0 Å². The lowest BCUT2D eigenvalue weighted by molar-refractivity contribution is -0.146. The van der Waals surface area contributed by atoms with Gasteiger partial charge in [0.2, 0.25) is 11.8 Å². The summed E-state index contributed by atoms with van der Waals surface area (Å²) in [5.74, 6) is 0.974. The quantitative estimate of drug-likeness (QED) is 0.813. The second-order valence-corrected chi connectivity index (χ2v) is 7.40. The van der Waals surface area contributed by atoms with Crippen LogP contribution in [0.1, 0.15) is 24.1 Å². The number of halogens is 1. The number of hydrogen-bond acceptors (Lipinski definition) is 4. The number of aromatic nitrogens is 1. The second kappa shape index (κ2) is 7.64. The first-order valence-electron chi connectivity index (χ1n) is 9.39. The predicted octanol–water partition coefficient (Wildman–Crippen LogP) is 2.85. The molecule has 4 rings (SSSR count). The molecule has 0 spiro atoms. The van der Waals surface area contributed by atoms with E-state index in [1.807, 2.05) is 29.2 Å². The summed E-state index contributed by atoms with van der Waals surface area (Å²) in [5.41, 5.74) is 1.74. The van der Waals surface area contributed by atoms with Crippen molar-refractivity contribution in [3.63, 3.8) is 0 Å². The zero-order valence-corrected chi connectivity index (χ0v) is 15.5. The Morgan fingerprint density at radius 1 is 1.22 bits per heavy atom. The van der Waals surface area contributed by atoms with Crippen LogP contribution in [0.5, 0.6) is 5.88 Å². The Labute approximate surface area is 158 Å². The Hall–Kier alpha value is -2.47. The maximum atomic E-state index is 13.5. The molecule has 2 aliphatic rings. The predicted molar refractivity (Wildman–Crippen MR) is 99.5 cm³/mol. The lowest BCUT2D eigenvalue weighted by Crippen LogP contribution is -2.58. The lowest BCUT2D eigenvalue weighted by Gasteiger charge is -2.46. The van der Waals surface area contributed by atoms with Crippen molar-refractivity contribution in [3.05, 3.63) is 59.5 Å². The van der Waals surface area contributed by atoms with Crippen LogP contribution in [0.3, 0.4) is 0 Å². The summed E-state index contributed by atoms with van der Waals surface area (Å²) in [6.07, 6.45) is 1.95. The number of piperidine rings is 2. The highest BCUT2D eigenvalue weighted by molar-refractivity contribution is 5.83. The highest BCUT2D eigenvalue weighted by atomic mass is 19.1. The van der Waals surface area contributed by atoms with E-state index < -0.39 is 0 Å². The zero-order chi connectivity index (χ0) is 18.8. The molecule has 142 valence electrons. The van der Waals surface area contributed by atoms with Crippen molar-refractivity contribution >= 4 is 5.91 Å². The zero-order valence-electron chi connectivity index (χ0n) is 15.5. The third-order valence-corrected chi connectivity index (χ3v) is 5.52. The molecule has 2 bridgehead atoms. The van der Waals surface area contributed by atoms with Crippen LogP contribution in [0.2, 0.25) is 0 Å². The first-order valence-corrected chi connectivity index (χ1v) is 9.39. The van der Waals surface area contributed by atoms with Gasteiger partial charge in [-0.1, -0.05) is 18.2 Å². The third-order valence-electron chi connectivity index (χ3n) is 5.52. The van der Waals surface area contributed by atoms with Crippen LogP contribution in [0.15, 0.2) is 42.5 Å². The summed E-state index contributed by atoms with van der Waals surface area (Å²) in [4.78, 5) is 21.7. The van der Waals surface area contributed by atoms with E-state index in [2.05, 4.69) is 9.88 Å². The number of ether oxygens (including phenoxy) is 1. The average Bonchev–Trinajstić information content (AvgIpc) is 2.68. The van der Waals surface area contributed by atoms with Crippen LogP contribution in [0.25, 0.3) is 0 Å². The van der Waals surface area contributed by atoms with Gasteiger partial charge in [-0.25, -0.2) is 9.37 Å². The molecule has 1 aromatic heterocycles. The number of methoxy groups -OCH3 is 1. The third kappa shape index (κ3) is 3.95. The number of pyridine rings is 1. The van der Waals surface area contributed by atoms with Crippen molar-refractivity contribution in [3.8, 4) is 5.88 Å². The van der Waals surface area contributed by atoms with Crippen LogP contribution in [0.4, 0.5) is 4.39 Å². The molecule has 0 N–H and O–H groups in total. The largest absolute Gasteiger partial charge is 0.481 e. The van der Waals surface area contributed by atoms with Gasteiger partial charge in [0.1, 0.15) is 5.82 Å². The number of carbonyl (C=O) groups is 1. The van der Waals surface area contributed by atoms with Crippen molar-refractivity contribution in [1.29, 1.82) is 0 Å². The van der Waals surface area contributed by atoms with Crippen LogP contribution < -0.4 is 4.74 Å². The van der Waals surface area contributed by atoms with Crippen molar-refractivity contribution in [2.24, 2.45) is 5.92 Å². The molecule has 2 fully saturated rings.